The minimum Gasteiger partial charge on any atom is -0.373 e. The summed E-state index contributed by atoms with van der Waals surface area (Å²) in [5.41, 5.74) is 13.9. The zero-order chi connectivity index (χ0) is 21.4. The van der Waals surface area contributed by atoms with Crippen LogP contribution in [0.4, 0.5) is 0 Å². The molecule has 0 spiro atoms. The van der Waals surface area contributed by atoms with Crippen molar-refractivity contribution in [2.45, 2.75) is 60.5 Å². The molecule has 0 amide bonds. The molecule has 30 heavy (non-hydrogen) atoms. The highest BCUT2D eigenvalue weighted by molar-refractivity contribution is 6.96. The Kier molecular flexibility index (Phi) is 5.89. The van der Waals surface area contributed by atoms with E-state index in [0.29, 0.717) is 6.10 Å². The fourth-order valence-corrected chi connectivity index (χ4v) is 5.21. The van der Waals surface area contributed by atoms with Crippen LogP contribution in [-0.2, 0) is 11.2 Å². The molecule has 1 atom stereocenters. The third-order valence-corrected chi connectivity index (χ3v) is 6.52. The average Bonchev–Trinajstić information content (AvgIpc) is 3.48. The lowest BCUT2D eigenvalue weighted by atomic mass is 9.34. The third-order valence-electron chi connectivity index (χ3n) is 6.52. The number of ether oxygens (including phenoxy) is 1. The van der Waals surface area contributed by atoms with Gasteiger partial charge < -0.3 is 4.74 Å². The Morgan fingerprint density at radius 1 is 0.733 bits per heavy atom. The minimum absolute atomic E-state index is 0.256. The maximum absolute atomic E-state index is 5.38. The molecule has 0 aromatic heterocycles. The molecule has 0 radical (unpaired) electrons. The number of benzene rings is 3. The van der Waals surface area contributed by atoms with Gasteiger partial charge >= 0.3 is 0 Å². The summed E-state index contributed by atoms with van der Waals surface area (Å²) in [6, 6.07) is 18.7. The molecule has 1 unspecified atom stereocenters. The smallest absolute Gasteiger partial charge is 0.242 e. The molecule has 1 heterocycles. The summed E-state index contributed by atoms with van der Waals surface area (Å²) < 4.78 is 5.38. The number of aryl methyl sites for hydroxylation is 7. The first-order chi connectivity index (χ1) is 14.3. The average molecular weight is 396 g/mol. The summed E-state index contributed by atoms with van der Waals surface area (Å²) in [6.45, 7) is 14.7. The molecule has 0 saturated carbocycles. The van der Waals surface area contributed by atoms with Crippen LogP contribution in [0, 0.1) is 41.5 Å². The number of hydrogen-bond donors (Lipinski definition) is 0. The molecule has 4 rings (SSSR count). The van der Waals surface area contributed by atoms with Crippen molar-refractivity contribution < 1.29 is 4.74 Å². The van der Waals surface area contributed by atoms with Gasteiger partial charge in [0.05, 0.1) is 12.7 Å². The molecule has 0 N–H and O–H groups in total. The van der Waals surface area contributed by atoms with Crippen molar-refractivity contribution in [1.82, 2.24) is 0 Å². The number of epoxide rings is 1. The van der Waals surface area contributed by atoms with Crippen LogP contribution in [0.3, 0.4) is 0 Å². The Labute approximate surface area is 182 Å². The molecule has 1 aliphatic heterocycles. The molecule has 154 valence electrons. The van der Waals surface area contributed by atoms with Gasteiger partial charge in [0, 0.05) is 0 Å². The second-order valence-corrected chi connectivity index (χ2v) is 9.29. The number of rotatable bonds is 6. The molecular weight excluding hydrogens is 363 g/mol. The Hall–Kier alpha value is -2.32. The second kappa shape index (κ2) is 8.43. The Bertz CT molecular complexity index is 957. The minimum atomic E-state index is 0.256. The van der Waals surface area contributed by atoms with Crippen LogP contribution < -0.4 is 16.4 Å². The first kappa shape index (κ1) is 20.9. The molecule has 1 fully saturated rings. The van der Waals surface area contributed by atoms with E-state index >= 15 is 0 Å². The lowest BCUT2D eigenvalue weighted by molar-refractivity contribution is 0.397. The molecule has 0 bridgehead atoms. The fourth-order valence-electron chi connectivity index (χ4n) is 5.21. The van der Waals surface area contributed by atoms with Crippen molar-refractivity contribution in [3.05, 3.63) is 87.5 Å². The molecule has 0 aliphatic carbocycles. The van der Waals surface area contributed by atoms with Gasteiger partial charge in [-0.15, -0.1) is 0 Å². The van der Waals surface area contributed by atoms with E-state index in [0.717, 1.165) is 19.4 Å². The fraction of sp³-hybridized carbons (Fsp3) is 0.357. The maximum atomic E-state index is 5.38. The lowest BCUT2D eigenvalue weighted by Gasteiger charge is -2.24. The summed E-state index contributed by atoms with van der Waals surface area (Å²) in [5.74, 6) is 0. The summed E-state index contributed by atoms with van der Waals surface area (Å²) in [4.78, 5) is 0. The number of hydrogen-bond acceptors (Lipinski definition) is 1. The van der Waals surface area contributed by atoms with E-state index < -0.39 is 0 Å². The van der Waals surface area contributed by atoms with Gasteiger partial charge in [0.15, 0.2) is 0 Å². The normalized spacial score (nSPS) is 15.3. The second-order valence-electron chi connectivity index (χ2n) is 9.29. The van der Waals surface area contributed by atoms with Crippen LogP contribution in [0.25, 0.3) is 0 Å². The summed E-state index contributed by atoms with van der Waals surface area (Å²) in [7, 11) is 0. The highest BCUT2D eigenvalue weighted by atomic mass is 16.6. The first-order valence-electron chi connectivity index (χ1n) is 11.2. The van der Waals surface area contributed by atoms with Gasteiger partial charge in [0.2, 0.25) is 6.71 Å². The monoisotopic (exact) mass is 396 g/mol. The van der Waals surface area contributed by atoms with Gasteiger partial charge in [-0.25, -0.2) is 0 Å². The SMILES string of the molecule is Cc1cc(C)c(B(c2ccc(CCC3CO3)cc2)c2c(C)cc(C)cc2C)c(C)c1. The molecule has 3 aromatic carbocycles. The highest BCUT2D eigenvalue weighted by Crippen LogP contribution is 2.17. The predicted molar refractivity (Wildman–Crippen MR) is 130 cm³/mol. The molecule has 1 aliphatic rings. The summed E-state index contributed by atoms with van der Waals surface area (Å²) in [6.07, 6.45) is 2.73. The van der Waals surface area contributed by atoms with Gasteiger partial charge in [0.1, 0.15) is 0 Å². The predicted octanol–water partition coefficient (Wildman–Crippen LogP) is 4.38. The Morgan fingerprint density at radius 2 is 1.17 bits per heavy atom. The van der Waals surface area contributed by atoms with Crippen LogP contribution in [-0.4, -0.2) is 19.4 Å². The standard InChI is InChI=1S/C28H33BO/c1-18-13-20(3)27(21(4)14-18)29(28-22(5)15-19(2)16-23(28)6)25-10-7-24(8-11-25)9-12-26-17-30-26/h7-8,10-11,13-16,26H,9,12,17H2,1-6H3. The van der Waals surface area contributed by atoms with E-state index in [4.69, 9.17) is 4.74 Å². The van der Waals surface area contributed by atoms with Crippen molar-refractivity contribution in [1.29, 1.82) is 0 Å². The molecule has 1 saturated heterocycles. The lowest BCUT2D eigenvalue weighted by Crippen LogP contribution is -2.55. The van der Waals surface area contributed by atoms with E-state index in [9.17, 15) is 0 Å². The van der Waals surface area contributed by atoms with Gasteiger partial charge in [-0.3, -0.25) is 0 Å². The zero-order valence-electron chi connectivity index (χ0n) is 19.3. The molecule has 2 heteroatoms. The molecule has 1 nitrogen and oxygen atoms in total. The van der Waals surface area contributed by atoms with Crippen molar-refractivity contribution in [2.24, 2.45) is 0 Å². The Morgan fingerprint density at radius 3 is 1.57 bits per heavy atom. The quantitative estimate of drug-likeness (QED) is 0.445. The van der Waals surface area contributed by atoms with Gasteiger partial charge in [-0.1, -0.05) is 98.3 Å². The largest absolute Gasteiger partial charge is 0.373 e. The third kappa shape index (κ3) is 4.39. The first-order valence-corrected chi connectivity index (χ1v) is 11.2. The van der Waals surface area contributed by atoms with E-state index in [1.54, 1.807) is 0 Å². The van der Waals surface area contributed by atoms with Crippen molar-refractivity contribution in [3.8, 4) is 0 Å². The van der Waals surface area contributed by atoms with Gasteiger partial charge in [-0.05, 0) is 59.9 Å². The highest BCUT2D eigenvalue weighted by Gasteiger charge is 2.28. The molecule has 3 aromatic rings. The van der Waals surface area contributed by atoms with E-state index in [1.807, 2.05) is 0 Å². The Balaban J connectivity index is 1.82. The van der Waals surface area contributed by atoms with Crippen LogP contribution in [0.1, 0.15) is 45.4 Å². The van der Waals surface area contributed by atoms with E-state index in [2.05, 4.69) is 90.1 Å². The van der Waals surface area contributed by atoms with E-state index in [-0.39, 0.29) is 6.71 Å². The van der Waals surface area contributed by atoms with Gasteiger partial charge in [0.25, 0.3) is 0 Å². The topological polar surface area (TPSA) is 12.5 Å². The van der Waals surface area contributed by atoms with Crippen LogP contribution in [0.15, 0.2) is 48.5 Å². The van der Waals surface area contributed by atoms with Crippen molar-refractivity contribution in [2.75, 3.05) is 6.61 Å². The zero-order valence-corrected chi connectivity index (χ0v) is 19.3. The van der Waals surface area contributed by atoms with E-state index in [1.165, 1.54) is 55.3 Å². The van der Waals surface area contributed by atoms with Crippen molar-refractivity contribution in [3.63, 3.8) is 0 Å². The van der Waals surface area contributed by atoms with Gasteiger partial charge in [-0.2, -0.15) is 0 Å². The van der Waals surface area contributed by atoms with Crippen LogP contribution >= 0.6 is 0 Å². The van der Waals surface area contributed by atoms with Crippen LogP contribution in [0.5, 0.6) is 0 Å². The molecular formula is C28H33BO. The maximum Gasteiger partial charge on any atom is 0.242 e. The summed E-state index contributed by atoms with van der Waals surface area (Å²) >= 11 is 0. The summed E-state index contributed by atoms with van der Waals surface area (Å²) in [5, 5.41) is 0. The van der Waals surface area contributed by atoms with Crippen LogP contribution in [0.2, 0.25) is 0 Å². The van der Waals surface area contributed by atoms with Crippen molar-refractivity contribution >= 4 is 23.1 Å².